The lowest BCUT2D eigenvalue weighted by Gasteiger charge is -2.33. The highest BCUT2D eigenvalue weighted by atomic mass is 35.5. The van der Waals surface area contributed by atoms with Crippen LogP contribution >= 0.6 is 24.8 Å². The van der Waals surface area contributed by atoms with Crippen molar-refractivity contribution in [3.63, 3.8) is 0 Å². The minimum Gasteiger partial charge on any atom is -0.313 e. The number of rotatable bonds is 2. The average molecular weight is 189 g/mol. The van der Waals surface area contributed by atoms with E-state index in [1.54, 1.807) is 7.11 Å². The van der Waals surface area contributed by atoms with E-state index < -0.39 is 0 Å². The molecular weight excluding hydrogens is 175 g/mol. The van der Waals surface area contributed by atoms with Crippen LogP contribution in [0, 0.1) is 0 Å². The first-order valence-corrected chi connectivity index (χ1v) is 2.82. The van der Waals surface area contributed by atoms with E-state index >= 15 is 0 Å². The Morgan fingerprint density at radius 3 is 2.00 bits per heavy atom. The van der Waals surface area contributed by atoms with Gasteiger partial charge in [0.05, 0.1) is 13.2 Å². The number of hydrogen-bond donors (Lipinski definition) is 1. The molecule has 1 heterocycles. The third-order valence-corrected chi connectivity index (χ3v) is 1.56. The minimum atomic E-state index is 0. The van der Waals surface area contributed by atoms with Gasteiger partial charge >= 0.3 is 0 Å². The molecule has 3 nitrogen and oxygen atoms in total. The van der Waals surface area contributed by atoms with Crippen molar-refractivity contribution in [2.75, 3.05) is 27.2 Å². The molecule has 1 aliphatic heterocycles. The van der Waals surface area contributed by atoms with Crippen LogP contribution in [-0.2, 0) is 4.84 Å². The largest absolute Gasteiger partial charge is 0.313 e. The van der Waals surface area contributed by atoms with Crippen molar-refractivity contribution >= 4 is 24.8 Å². The van der Waals surface area contributed by atoms with Gasteiger partial charge in [-0.15, -0.1) is 24.8 Å². The minimum absolute atomic E-state index is 0. The summed E-state index contributed by atoms with van der Waals surface area (Å²) in [6.07, 6.45) is 0. The summed E-state index contributed by atoms with van der Waals surface area (Å²) in [7, 11) is 3.64. The number of halogens is 2. The Bertz CT molecular complexity index is 77.3. The first kappa shape index (κ1) is 13.1. The summed E-state index contributed by atoms with van der Waals surface area (Å²) in [4.78, 5) is 4.95. The molecule has 64 valence electrons. The molecule has 1 aliphatic rings. The van der Waals surface area contributed by atoms with E-state index in [0.29, 0.717) is 6.04 Å². The quantitative estimate of drug-likeness (QED) is 0.632. The molecule has 0 atom stereocenters. The summed E-state index contributed by atoms with van der Waals surface area (Å²) >= 11 is 0. The van der Waals surface area contributed by atoms with E-state index in [0.717, 1.165) is 13.1 Å². The zero-order valence-corrected chi connectivity index (χ0v) is 7.80. The van der Waals surface area contributed by atoms with Gasteiger partial charge in [0.15, 0.2) is 0 Å². The maximum absolute atomic E-state index is 4.95. The van der Waals surface area contributed by atoms with Crippen molar-refractivity contribution in [1.82, 2.24) is 10.4 Å². The molecule has 0 saturated carbocycles. The Kier molecular flexibility index (Phi) is 8.09. The van der Waals surface area contributed by atoms with Crippen LogP contribution in [0.2, 0.25) is 0 Å². The fourth-order valence-electron chi connectivity index (χ4n) is 0.680. The van der Waals surface area contributed by atoms with Gasteiger partial charge in [0.25, 0.3) is 0 Å². The Balaban J connectivity index is 0. The Morgan fingerprint density at radius 2 is 1.90 bits per heavy atom. The predicted octanol–water partition coefficient (Wildman–Crippen LogP) is 0.295. The number of hydroxylamine groups is 2. The van der Waals surface area contributed by atoms with Crippen LogP contribution in [0.25, 0.3) is 0 Å². The molecule has 1 fully saturated rings. The molecule has 0 amide bonds. The molecule has 1 saturated heterocycles. The highest BCUT2D eigenvalue weighted by Gasteiger charge is 2.20. The molecule has 0 aromatic heterocycles. The van der Waals surface area contributed by atoms with E-state index in [2.05, 4.69) is 5.32 Å². The summed E-state index contributed by atoms with van der Waals surface area (Å²) < 4.78 is 0. The molecule has 0 bridgehead atoms. The molecule has 1 rings (SSSR count). The van der Waals surface area contributed by atoms with Gasteiger partial charge in [0.2, 0.25) is 0 Å². The maximum atomic E-state index is 4.95. The van der Waals surface area contributed by atoms with E-state index in [-0.39, 0.29) is 24.8 Å². The highest BCUT2D eigenvalue weighted by molar-refractivity contribution is 5.85. The predicted molar refractivity (Wildman–Crippen MR) is 45.9 cm³/mol. The second-order valence-corrected chi connectivity index (χ2v) is 2.04. The normalized spacial score (nSPS) is 17.1. The third-order valence-electron chi connectivity index (χ3n) is 1.56. The van der Waals surface area contributed by atoms with Crippen molar-refractivity contribution in [2.24, 2.45) is 0 Å². The standard InChI is InChI=1S/C5H12N2O.2ClH/c1-7(8-2)5-3-6-4-5;;/h5-6H,3-4H2,1-2H3;2*1H. The second-order valence-electron chi connectivity index (χ2n) is 2.04. The van der Waals surface area contributed by atoms with Crippen molar-refractivity contribution in [2.45, 2.75) is 6.04 Å². The van der Waals surface area contributed by atoms with Crippen LogP contribution in [0.15, 0.2) is 0 Å². The third kappa shape index (κ3) is 3.03. The molecule has 10 heavy (non-hydrogen) atoms. The van der Waals surface area contributed by atoms with Gasteiger partial charge in [-0.05, 0) is 0 Å². The Hall–Kier alpha value is 0.460. The lowest BCUT2D eigenvalue weighted by Crippen LogP contribution is -2.55. The lowest BCUT2D eigenvalue weighted by molar-refractivity contribution is -0.151. The topological polar surface area (TPSA) is 24.5 Å². The van der Waals surface area contributed by atoms with Crippen LogP contribution in [-0.4, -0.2) is 38.4 Å². The fourth-order valence-corrected chi connectivity index (χ4v) is 0.680. The summed E-state index contributed by atoms with van der Waals surface area (Å²) in [5.74, 6) is 0. The second kappa shape index (κ2) is 6.19. The Labute approximate surface area is 73.9 Å². The average Bonchev–Trinajstić information content (AvgIpc) is 1.62. The van der Waals surface area contributed by atoms with Crippen molar-refractivity contribution in [3.05, 3.63) is 0 Å². The van der Waals surface area contributed by atoms with Gasteiger partial charge in [-0.25, -0.2) is 0 Å². The van der Waals surface area contributed by atoms with Gasteiger partial charge in [-0.1, -0.05) is 0 Å². The molecular formula is C5H14Cl2N2O. The van der Waals surface area contributed by atoms with Crippen LogP contribution < -0.4 is 5.32 Å². The van der Waals surface area contributed by atoms with Gasteiger partial charge in [0.1, 0.15) is 0 Å². The van der Waals surface area contributed by atoms with Gasteiger partial charge in [-0.3, -0.25) is 0 Å². The van der Waals surface area contributed by atoms with Crippen LogP contribution in [0.4, 0.5) is 0 Å². The van der Waals surface area contributed by atoms with Gasteiger partial charge < -0.3 is 10.2 Å². The van der Waals surface area contributed by atoms with Gasteiger partial charge in [0, 0.05) is 20.1 Å². The molecule has 5 heteroatoms. The van der Waals surface area contributed by atoms with Crippen molar-refractivity contribution in [3.8, 4) is 0 Å². The number of likely N-dealkylation sites (N-methyl/N-ethyl adjacent to an activating group) is 1. The van der Waals surface area contributed by atoms with Crippen molar-refractivity contribution < 1.29 is 4.84 Å². The van der Waals surface area contributed by atoms with Crippen LogP contribution in [0.3, 0.4) is 0 Å². The van der Waals surface area contributed by atoms with Crippen molar-refractivity contribution in [1.29, 1.82) is 0 Å². The number of nitrogens with one attached hydrogen (secondary N) is 1. The monoisotopic (exact) mass is 188 g/mol. The summed E-state index contributed by atoms with van der Waals surface area (Å²) in [6.45, 7) is 2.12. The zero-order valence-electron chi connectivity index (χ0n) is 6.16. The van der Waals surface area contributed by atoms with E-state index in [1.807, 2.05) is 12.1 Å². The molecule has 1 N–H and O–H groups in total. The first-order valence-electron chi connectivity index (χ1n) is 2.82. The fraction of sp³-hybridized carbons (Fsp3) is 1.00. The van der Waals surface area contributed by atoms with E-state index in [4.69, 9.17) is 4.84 Å². The zero-order chi connectivity index (χ0) is 5.98. The molecule has 0 unspecified atom stereocenters. The highest BCUT2D eigenvalue weighted by Crippen LogP contribution is 1.99. The summed E-state index contributed by atoms with van der Waals surface area (Å²) in [5, 5.41) is 5.03. The molecule has 0 aromatic rings. The van der Waals surface area contributed by atoms with Crippen LogP contribution in [0.1, 0.15) is 0 Å². The number of nitrogens with zero attached hydrogens (tertiary/aromatic N) is 1. The first-order chi connectivity index (χ1) is 3.84. The Morgan fingerprint density at radius 1 is 1.40 bits per heavy atom. The number of hydrogen-bond acceptors (Lipinski definition) is 3. The molecule has 0 aliphatic carbocycles. The summed E-state index contributed by atoms with van der Waals surface area (Å²) in [5.41, 5.74) is 0. The van der Waals surface area contributed by atoms with Gasteiger partial charge in [-0.2, -0.15) is 5.06 Å². The van der Waals surface area contributed by atoms with E-state index in [9.17, 15) is 0 Å². The SMILES string of the molecule is CON(C)C1CNC1.Cl.Cl. The molecule has 0 spiro atoms. The summed E-state index contributed by atoms with van der Waals surface area (Å²) in [6, 6.07) is 0.597. The smallest absolute Gasteiger partial charge is 0.0598 e. The molecule has 0 radical (unpaired) electrons. The van der Waals surface area contributed by atoms with Crippen LogP contribution in [0.5, 0.6) is 0 Å². The lowest BCUT2D eigenvalue weighted by atomic mass is 10.2. The maximum Gasteiger partial charge on any atom is 0.0598 e. The molecule has 0 aromatic carbocycles. The van der Waals surface area contributed by atoms with E-state index in [1.165, 1.54) is 0 Å².